The van der Waals surface area contributed by atoms with Crippen LogP contribution in [0.2, 0.25) is 0 Å². The van der Waals surface area contributed by atoms with Gasteiger partial charge in [-0.25, -0.2) is 0 Å². The summed E-state index contributed by atoms with van der Waals surface area (Å²) >= 11 is 0. The number of rotatable bonds is 2. The molecular formula is C20H23N2O+. The van der Waals surface area contributed by atoms with Gasteiger partial charge in [0.2, 0.25) is 0 Å². The summed E-state index contributed by atoms with van der Waals surface area (Å²) in [5.74, 6) is 1.26. The summed E-state index contributed by atoms with van der Waals surface area (Å²) in [6.45, 7) is 1.68. The van der Waals surface area contributed by atoms with E-state index in [2.05, 4.69) is 21.6 Å². The van der Waals surface area contributed by atoms with Gasteiger partial charge in [-0.05, 0) is 31.4 Å². The SMILES string of the molecule is O[C@]1(c2ccccc2)C[N+]2=C(CCCCC2)N1c1ccccc1. The molecule has 2 heterocycles. The smallest absolute Gasteiger partial charge is 0.275 e. The molecule has 4 rings (SSSR count). The molecule has 0 amide bonds. The van der Waals surface area contributed by atoms with E-state index < -0.39 is 5.72 Å². The van der Waals surface area contributed by atoms with Gasteiger partial charge in [-0.2, -0.15) is 4.90 Å². The van der Waals surface area contributed by atoms with Crippen LogP contribution in [-0.4, -0.2) is 28.6 Å². The summed E-state index contributed by atoms with van der Waals surface area (Å²) < 4.78 is 2.38. The van der Waals surface area contributed by atoms with Crippen molar-refractivity contribution >= 4 is 11.5 Å². The van der Waals surface area contributed by atoms with Crippen LogP contribution in [0, 0.1) is 0 Å². The Bertz CT molecular complexity index is 711. The van der Waals surface area contributed by atoms with Crippen molar-refractivity contribution in [2.75, 3.05) is 18.0 Å². The van der Waals surface area contributed by atoms with Crippen LogP contribution >= 0.6 is 0 Å². The third kappa shape index (κ3) is 2.45. The predicted molar refractivity (Wildman–Crippen MR) is 92.7 cm³/mol. The average molecular weight is 307 g/mol. The van der Waals surface area contributed by atoms with Crippen LogP contribution in [0.1, 0.15) is 31.2 Å². The van der Waals surface area contributed by atoms with E-state index in [0.29, 0.717) is 6.54 Å². The van der Waals surface area contributed by atoms with Crippen LogP contribution < -0.4 is 4.90 Å². The van der Waals surface area contributed by atoms with Crippen LogP contribution in [0.15, 0.2) is 60.7 Å². The minimum Gasteiger partial charge on any atom is -0.346 e. The third-order valence-corrected chi connectivity index (χ3v) is 4.98. The fourth-order valence-electron chi connectivity index (χ4n) is 3.89. The summed E-state index contributed by atoms with van der Waals surface area (Å²) in [5, 5.41) is 11.7. The van der Waals surface area contributed by atoms with Crippen molar-refractivity contribution in [2.24, 2.45) is 0 Å². The number of amidine groups is 1. The Morgan fingerprint density at radius 3 is 2.30 bits per heavy atom. The second kappa shape index (κ2) is 5.82. The summed E-state index contributed by atoms with van der Waals surface area (Å²) in [6.07, 6.45) is 4.70. The van der Waals surface area contributed by atoms with Crippen molar-refractivity contribution in [3.05, 3.63) is 66.2 Å². The normalized spacial score (nSPS) is 24.5. The van der Waals surface area contributed by atoms with E-state index in [-0.39, 0.29) is 0 Å². The largest absolute Gasteiger partial charge is 0.346 e. The quantitative estimate of drug-likeness (QED) is 0.861. The van der Waals surface area contributed by atoms with Crippen LogP contribution in [0.3, 0.4) is 0 Å². The lowest BCUT2D eigenvalue weighted by molar-refractivity contribution is -0.534. The fourth-order valence-corrected chi connectivity index (χ4v) is 3.89. The molecular weight excluding hydrogens is 284 g/mol. The molecule has 0 fully saturated rings. The summed E-state index contributed by atoms with van der Waals surface area (Å²) in [7, 11) is 0. The predicted octanol–water partition coefficient (Wildman–Crippen LogP) is 3.34. The number of nitrogens with zero attached hydrogens (tertiary/aromatic N) is 2. The maximum atomic E-state index is 11.7. The van der Waals surface area contributed by atoms with Gasteiger partial charge in [-0.3, -0.25) is 4.58 Å². The molecule has 2 aliphatic heterocycles. The molecule has 0 saturated carbocycles. The van der Waals surface area contributed by atoms with Gasteiger partial charge in [0.15, 0.2) is 6.54 Å². The van der Waals surface area contributed by atoms with Gasteiger partial charge in [-0.1, -0.05) is 48.5 Å². The highest BCUT2D eigenvalue weighted by Crippen LogP contribution is 2.37. The number of hydrogen-bond acceptors (Lipinski definition) is 2. The van der Waals surface area contributed by atoms with E-state index in [9.17, 15) is 5.11 Å². The standard InChI is InChI=1S/C20H23N2O/c23-20(17-10-4-1-5-11-17)16-21-15-9-3-8-14-19(21)22(20)18-12-6-2-7-13-18/h1-2,4-7,10-13,23H,3,8-9,14-16H2/q+1/t20-/m0/s1. The Kier molecular flexibility index (Phi) is 3.66. The Morgan fingerprint density at radius 1 is 0.870 bits per heavy atom. The number of para-hydroxylation sites is 1. The zero-order valence-electron chi connectivity index (χ0n) is 13.4. The van der Waals surface area contributed by atoms with Gasteiger partial charge in [0, 0.05) is 12.0 Å². The minimum absolute atomic E-state index is 0.640. The molecule has 0 aliphatic carbocycles. The van der Waals surface area contributed by atoms with Crippen LogP contribution in [0.5, 0.6) is 0 Å². The van der Waals surface area contributed by atoms with Crippen molar-refractivity contribution in [1.29, 1.82) is 0 Å². The highest BCUT2D eigenvalue weighted by atomic mass is 16.3. The summed E-state index contributed by atoms with van der Waals surface area (Å²) in [5.41, 5.74) is 1.04. The molecule has 3 nitrogen and oxygen atoms in total. The highest BCUT2D eigenvalue weighted by Gasteiger charge is 2.53. The van der Waals surface area contributed by atoms with Gasteiger partial charge >= 0.3 is 0 Å². The van der Waals surface area contributed by atoms with Crippen molar-refractivity contribution in [1.82, 2.24) is 0 Å². The molecule has 3 heteroatoms. The molecule has 0 saturated heterocycles. The van der Waals surface area contributed by atoms with Gasteiger partial charge in [0.05, 0.1) is 6.54 Å². The van der Waals surface area contributed by atoms with Crippen molar-refractivity contribution in [3.8, 4) is 0 Å². The van der Waals surface area contributed by atoms with Crippen LogP contribution in [-0.2, 0) is 5.72 Å². The third-order valence-electron chi connectivity index (χ3n) is 4.98. The lowest BCUT2D eigenvalue weighted by Gasteiger charge is -2.29. The molecule has 2 aromatic rings. The first kappa shape index (κ1) is 14.5. The van der Waals surface area contributed by atoms with Crippen molar-refractivity contribution < 1.29 is 9.68 Å². The Hall–Kier alpha value is -2.13. The minimum atomic E-state index is -0.991. The van der Waals surface area contributed by atoms with Gasteiger partial charge in [0.25, 0.3) is 11.6 Å². The van der Waals surface area contributed by atoms with E-state index in [1.807, 2.05) is 48.5 Å². The molecule has 2 aromatic carbocycles. The topological polar surface area (TPSA) is 26.5 Å². The van der Waals surface area contributed by atoms with Crippen LogP contribution in [0.25, 0.3) is 0 Å². The zero-order chi connectivity index (χ0) is 15.7. The maximum Gasteiger partial charge on any atom is 0.275 e. The zero-order valence-corrected chi connectivity index (χ0v) is 13.4. The van der Waals surface area contributed by atoms with Gasteiger partial charge in [0.1, 0.15) is 5.69 Å². The van der Waals surface area contributed by atoms with E-state index in [4.69, 9.17) is 0 Å². The summed E-state index contributed by atoms with van der Waals surface area (Å²) in [6, 6.07) is 20.4. The molecule has 23 heavy (non-hydrogen) atoms. The lowest BCUT2D eigenvalue weighted by Crippen LogP contribution is -2.47. The molecule has 0 unspecified atom stereocenters. The molecule has 0 spiro atoms. The Morgan fingerprint density at radius 2 is 1.57 bits per heavy atom. The average Bonchev–Trinajstić information content (AvgIpc) is 2.73. The highest BCUT2D eigenvalue weighted by molar-refractivity contribution is 5.97. The van der Waals surface area contributed by atoms with Gasteiger partial charge in [-0.15, -0.1) is 0 Å². The number of hydrogen-bond donors (Lipinski definition) is 1. The van der Waals surface area contributed by atoms with E-state index in [1.54, 1.807) is 0 Å². The monoisotopic (exact) mass is 307 g/mol. The molecule has 118 valence electrons. The lowest BCUT2D eigenvalue weighted by atomic mass is 10.00. The van der Waals surface area contributed by atoms with Crippen molar-refractivity contribution in [3.63, 3.8) is 0 Å². The summed E-state index contributed by atoms with van der Waals surface area (Å²) in [4.78, 5) is 2.16. The first-order valence-corrected chi connectivity index (χ1v) is 8.53. The first-order valence-electron chi connectivity index (χ1n) is 8.53. The van der Waals surface area contributed by atoms with Crippen molar-refractivity contribution in [2.45, 2.75) is 31.4 Å². The van der Waals surface area contributed by atoms with E-state index in [1.165, 1.54) is 25.1 Å². The molecule has 0 bridgehead atoms. The number of anilines is 1. The Labute approximate surface area is 137 Å². The number of aliphatic hydroxyl groups is 1. The molecule has 0 radical (unpaired) electrons. The van der Waals surface area contributed by atoms with Gasteiger partial charge < -0.3 is 5.11 Å². The second-order valence-electron chi connectivity index (χ2n) is 6.50. The fraction of sp³-hybridized carbons (Fsp3) is 0.350. The van der Waals surface area contributed by atoms with E-state index in [0.717, 1.165) is 24.2 Å². The molecule has 2 aliphatic rings. The van der Waals surface area contributed by atoms with Crippen LogP contribution in [0.4, 0.5) is 5.69 Å². The maximum absolute atomic E-state index is 11.7. The Balaban J connectivity index is 1.84. The second-order valence-corrected chi connectivity index (χ2v) is 6.50. The van der Waals surface area contributed by atoms with E-state index >= 15 is 0 Å². The molecule has 1 atom stereocenters. The number of benzene rings is 2. The first-order chi connectivity index (χ1) is 11.3. The molecule has 1 N–H and O–H groups in total. The molecule has 0 aromatic heterocycles.